The molecule has 0 radical (unpaired) electrons. The Labute approximate surface area is 113 Å². The van der Waals surface area contributed by atoms with Crippen LogP contribution in [-0.4, -0.2) is 33.8 Å². The molecule has 1 N–H and O–H groups in total. The Morgan fingerprint density at radius 1 is 1.26 bits per heavy atom. The van der Waals surface area contributed by atoms with Crippen molar-refractivity contribution in [2.24, 2.45) is 0 Å². The van der Waals surface area contributed by atoms with Crippen LogP contribution in [0.3, 0.4) is 0 Å². The molecule has 0 fully saturated rings. The number of carbonyl (C=O) groups is 1. The minimum Gasteiger partial charge on any atom is -0.493 e. The van der Waals surface area contributed by atoms with E-state index in [2.05, 4.69) is 5.32 Å². The Bertz CT molecular complexity index is 445. The molecule has 19 heavy (non-hydrogen) atoms. The predicted molar refractivity (Wildman–Crippen MR) is 72.7 cm³/mol. The predicted octanol–water partition coefficient (Wildman–Crippen LogP) is 1.84. The zero-order valence-electron chi connectivity index (χ0n) is 12.1. The van der Waals surface area contributed by atoms with Gasteiger partial charge in [0.15, 0.2) is 11.5 Å². The van der Waals surface area contributed by atoms with Crippen molar-refractivity contribution >= 4 is 5.97 Å². The molecular weight excluding hydrogens is 246 g/mol. The summed E-state index contributed by atoms with van der Waals surface area (Å²) < 4.78 is 15.6. The average molecular weight is 267 g/mol. The highest BCUT2D eigenvalue weighted by atomic mass is 16.5. The molecule has 0 saturated heterocycles. The Morgan fingerprint density at radius 2 is 1.84 bits per heavy atom. The van der Waals surface area contributed by atoms with Gasteiger partial charge in [-0.3, -0.25) is 0 Å². The van der Waals surface area contributed by atoms with Gasteiger partial charge in [-0.1, -0.05) is 0 Å². The molecule has 0 aromatic heterocycles. The van der Waals surface area contributed by atoms with Gasteiger partial charge < -0.3 is 19.5 Å². The van der Waals surface area contributed by atoms with Crippen LogP contribution in [0.15, 0.2) is 12.1 Å². The third kappa shape index (κ3) is 3.38. The summed E-state index contributed by atoms with van der Waals surface area (Å²) in [6.07, 6.45) is 0. The summed E-state index contributed by atoms with van der Waals surface area (Å²) in [5.74, 6) is 0.926. The van der Waals surface area contributed by atoms with E-state index < -0.39 is 6.04 Å². The normalized spacial score (nSPS) is 11.8. The summed E-state index contributed by atoms with van der Waals surface area (Å²) in [4.78, 5) is 11.9. The van der Waals surface area contributed by atoms with E-state index in [-0.39, 0.29) is 5.97 Å². The van der Waals surface area contributed by atoms with Crippen molar-refractivity contribution in [3.63, 3.8) is 0 Å². The number of ether oxygens (including phenoxy) is 3. The fourth-order valence-corrected chi connectivity index (χ4v) is 1.93. The van der Waals surface area contributed by atoms with Crippen molar-refractivity contribution in [1.29, 1.82) is 0 Å². The molecule has 1 unspecified atom stereocenters. The topological polar surface area (TPSA) is 56.8 Å². The van der Waals surface area contributed by atoms with Gasteiger partial charge in [-0.2, -0.15) is 0 Å². The van der Waals surface area contributed by atoms with Gasteiger partial charge in [0.05, 0.1) is 20.8 Å². The molecule has 5 nitrogen and oxygen atoms in total. The van der Waals surface area contributed by atoms with Gasteiger partial charge >= 0.3 is 5.97 Å². The van der Waals surface area contributed by atoms with E-state index >= 15 is 0 Å². The van der Waals surface area contributed by atoms with E-state index in [0.29, 0.717) is 18.1 Å². The highest BCUT2D eigenvalue weighted by Crippen LogP contribution is 2.33. The summed E-state index contributed by atoms with van der Waals surface area (Å²) in [6, 6.07) is 3.13. The van der Waals surface area contributed by atoms with E-state index in [4.69, 9.17) is 14.2 Å². The molecule has 1 atom stereocenters. The van der Waals surface area contributed by atoms with Crippen LogP contribution < -0.4 is 14.8 Å². The Kier molecular flexibility index (Phi) is 5.63. The monoisotopic (exact) mass is 267 g/mol. The second kappa shape index (κ2) is 6.99. The first-order valence-corrected chi connectivity index (χ1v) is 6.15. The van der Waals surface area contributed by atoms with Gasteiger partial charge in [-0.25, -0.2) is 4.79 Å². The number of esters is 1. The minimum atomic E-state index is -0.514. The van der Waals surface area contributed by atoms with Crippen molar-refractivity contribution in [3.8, 4) is 11.5 Å². The molecule has 0 saturated carbocycles. The molecule has 0 amide bonds. The van der Waals surface area contributed by atoms with Crippen LogP contribution in [0.4, 0.5) is 0 Å². The van der Waals surface area contributed by atoms with Crippen LogP contribution in [-0.2, 0) is 9.53 Å². The Balaban J connectivity index is 3.20. The van der Waals surface area contributed by atoms with Crippen LogP contribution in [0.1, 0.15) is 24.1 Å². The number of methoxy groups -OCH3 is 2. The maximum absolute atomic E-state index is 11.9. The van der Waals surface area contributed by atoms with E-state index in [0.717, 1.165) is 11.1 Å². The maximum atomic E-state index is 11.9. The summed E-state index contributed by atoms with van der Waals surface area (Å²) in [7, 11) is 4.87. The summed E-state index contributed by atoms with van der Waals surface area (Å²) in [6.45, 7) is 4.05. The second-order valence-electron chi connectivity index (χ2n) is 4.04. The molecule has 1 rings (SSSR count). The fourth-order valence-electron chi connectivity index (χ4n) is 1.93. The van der Waals surface area contributed by atoms with Crippen molar-refractivity contribution in [3.05, 3.63) is 23.3 Å². The highest BCUT2D eigenvalue weighted by molar-refractivity contribution is 5.78. The number of carbonyl (C=O) groups excluding carboxylic acids is 1. The SMILES string of the molecule is CCOC(=O)C(NC)c1cc(OC)c(OC)cc1C. The fraction of sp³-hybridized carbons (Fsp3) is 0.500. The minimum absolute atomic E-state index is 0.305. The van der Waals surface area contributed by atoms with Crippen molar-refractivity contribution < 1.29 is 19.0 Å². The molecule has 0 aliphatic heterocycles. The number of aryl methyl sites for hydroxylation is 1. The highest BCUT2D eigenvalue weighted by Gasteiger charge is 2.23. The Hall–Kier alpha value is -1.75. The molecule has 0 spiro atoms. The molecule has 0 heterocycles. The summed E-state index contributed by atoms with van der Waals surface area (Å²) in [5, 5.41) is 2.96. The lowest BCUT2D eigenvalue weighted by Gasteiger charge is -2.19. The number of rotatable bonds is 6. The number of likely N-dealkylation sites (N-methyl/N-ethyl adjacent to an activating group) is 1. The van der Waals surface area contributed by atoms with Gasteiger partial charge in [0, 0.05) is 0 Å². The second-order valence-corrected chi connectivity index (χ2v) is 4.04. The first-order chi connectivity index (χ1) is 9.08. The zero-order valence-corrected chi connectivity index (χ0v) is 12.1. The molecular formula is C14H21NO4. The Morgan fingerprint density at radius 3 is 2.32 bits per heavy atom. The molecule has 5 heteroatoms. The zero-order chi connectivity index (χ0) is 14.4. The van der Waals surface area contributed by atoms with Crippen LogP contribution in [0.2, 0.25) is 0 Å². The summed E-state index contributed by atoms with van der Waals surface area (Å²) >= 11 is 0. The average Bonchev–Trinajstić information content (AvgIpc) is 2.41. The van der Waals surface area contributed by atoms with E-state index in [1.807, 2.05) is 13.0 Å². The standard InChI is InChI=1S/C14H21NO4/c1-6-19-14(16)13(15-3)10-8-12(18-5)11(17-4)7-9(10)2/h7-8,13,15H,6H2,1-5H3. The van der Waals surface area contributed by atoms with Crippen molar-refractivity contribution in [1.82, 2.24) is 5.32 Å². The smallest absolute Gasteiger partial charge is 0.327 e. The molecule has 0 aliphatic rings. The number of hydrogen-bond acceptors (Lipinski definition) is 5. The van der Waals surface area contributed by atoms with Crippen LogP contribution in [0.25, 0.3) is 0 Å². The van der Waals surface area contributed by atoms with Crippen molar-refractivity contribution in [2.45, 2.75) is 19.9 Å². The third-order valence-corrected chi connectivity index (χ3v) is 2.89. The molecule has 106 valence electrons. The van der Waals surface area contributed by atoms with Gasteiger partial charge in [-0.15, -0.1) is 0 Å². The lowest BCUT2D eigenvalue weighted by atomic mass is 10.0. The first-order valence-electron chi connectivity index (χ1n) is 6.15. The number of nitrogens with one attached hydrogen (secondary N) is 1. The van der Waals surface area contributed by atoms with Gasteiger partial charge in [-0.05, 0) is 44.2 Å². The number of hydrogen-bond donors (Lipinski definition) is 1. The number of benzene rings is 1. The van der Waals surface area contributed by atoms with Crippen LogP contribution in [0.5, 0.6) is 11.5 Å². The lowest BCUT2D eigenvalue weighted by molar-refractivity contribution is -0.145. The van der Waals surface area contributed by atoms with E-state index in [1.54, 1.807) is 34.3 Å². The molecule has 1 aromatic carbocycles. The van der Waals surface area contributed by atoms with Gasteiger partial charge in [0.1, 0.15) is 6.04 Å². The van der Waals surface area contributed by atoms with E-state index in [9.17, 15) is 4.79 Å². The molecule has 0 aliphatic carbocycles. The van der Waals surface area contributed by atoms with E-state index in [1.165, 1.54) is 0 Å². The molecule has 1 aromatic rings. The van der Waals surface area contributed by atoms with Crippen LogP contribution >= 0.6 is 0 Å². The summed E-state index contributed by atoms with van der Waals surface area (Å²) in [5.41, 5.74) is 1.75. The molecule has 0 bridgehead atoms. The van der Waals surface area contributed by atoms with Gasteiger partial charge in [0.2, 0.25) is 0 Å². The largest absolute Gasteiger partial charge is 0.493 e. The van der Waals surface area contributed by atoms with Crippen LogP contribution in [0, 0.1) is 6.92 Å². The third-order valence-electron chi connectivity index (χ3n) is 2.89. The van der Waals surface area contributed by atoms with Crippen molar-refractivity contribution in [2.75, 3.05) is 27.9 Å². The quantitative estimate of drug-likeness (QED) is 0.797. The van der Waals surface area contributed by atoms with Gasteiger partial charge in [0.25, 0.3) is 0 Å². The first kappa shape index (κ1) is 15.3. The lowest BCUT2D eigenvalue weighted by Crippen LogP contribution is -2.28. The maximum Gasteiger partial charge on any atom is 0.327 e.